The molecule has 0 aromatic heterocycles. The van der Waals surface area contributed by atoms with E-state index in [1.807, 2.05) is 0 Å². The fraction of sp³-hybridized carbons (Fsp3) is 0.200. The highest BCUT2D eigenvalue weighted by molar-refractivity contribution is 5.51. The first-order valence-corrected chi connectivity index (χ1v) is 6.40. The summed E-state index contributed by atoms with van der Waals surface area (Å²) in [5, 5.41) is 13.9. The Labute approximate surface area is 115 Å². The number of rotatable bonds is 4. The molecule has 102 valence electrons. The molecule has 5 heteroatoms. The number of hydrogen-bond donors (Lipinski definition) is 1. The molecule has 1 saturated carbocycles. The predicted octanol–water partition coefficient (Wildman–Crippen LogP) is 3.70. The molecule has 0 saturated heterocycles. The van der Waals surface area contributed by atoms with Gasteiger partial charge in [0.15, 0.2) is 0 Å². The van der Waals surface area contributed by atoms with Crippen molar-refractivity contribution in [2.45, 2.75) is 18.4 Å². The minimum Gasteiger partial charge on any atom is -0.382 e. The maximum absolute atomic E-state index is 12.8. The molecule has 2 atom stereocenters. The Balaban J connectivity index is 1.63. The van der Waals surface area contributed by atoms with Gasteiger partial charge in [-0.3, -0.25) is 10.1 Å². The number of nitrogens with zero attached hydrogens (tertiary/aromatic N) is 1. The zero-order valence-electron chi connectivity index (χ0n) is 10.6. The van der Waals surface area contributed by atoms with E-state index in [2.05, 4.69) is 5.32 Å². The van der Waals surface area contributed by atoms with Gasteiger partial charge in [-0.05, 0) is 36.2 Å². The van der Waals surface area contributed by atoms with E-state index in [0.29, 0.717) is 12.0 Å². The summed E-state index contributed by atoms with van der Waals surface area (Å²) in [6, 6.07) is 13.2. The average molecular weight is 272 g/mol. The summed E-state index contributed by atoms with van der Waals surface area (Å²) in [7, 11) is 0. The Morgan fingerprint density at radius 2 is 1.75 bits per heavy atom. The topological polar surface area (TPSA) is 55.2 Å². The highest BCUT2D eigenvalue weighted by Crippen LogP contribution is 2.42. The van der Waals surface area contributed by atoms with Crippen LogP contribution >= 0.6 is 0 Å². The van der Waals surface area contributed by atoms with Crippen molar-refractivity contribution in [2.24, 2.45) is 0 Å². The van der Waals surface area contributed by atoms with Crippen LogP contribution in [0.1, 0.15) is 17.9 Å². The third kappa shape index (κ3) is 2.61. The molecule has 3 rings (SSSR count). The largest absolute Gasteiger partial charge is 0.382 e. The summed E-state index contributed by atoms with van der Waals surface area (Å²) in [5.41, 5.74) is 2.07. The van der Waals surface area contributed by atoms with E-state index in [0.717, 1.165) is 17.7 Å². The van der Waals surface area contributed by atoms with Crippen molar-refractivity contribution in [3.63, 3.8) is 0 Å². The molecule has 0 bridgehead atoms. The standard InChI is InChI=1S/C15H13FN2O2/c16-11-3-1-10(2-4-11)14-9-15(14)17-12-5-7-13(8-6-12)18(19)20/h1-8,14-15,17H,9H2/t14-,15+/m0/s1. The van der Waals surface area contributed by atoms with E-state index < -0.39 is 4.92 Å². The molecular formula is C15H13FN2O2. The van der Waals surface area contributed by atoms with Gasteiger partial charge in [0.2, 0.25) is 0 Å². The van der Waals surface area contributed by atoms with Crippen molar-refractivity contribution >= 4 is 11.4 Å². The molecule has 20 heavy (non-hydrogen) atoms. The summed E-state index contributed by atoms with van der Waals surface area (Å²) in [6.45, 7) is 0. The van der Waals surface area contributed by atoms with Crippen LogP contribution in [-0.4, -0.2) is 11.0 Å². The van der Waals surface area contributed by atoms with Crippen LogP contribution in [0.2, 0.25) is 0 Å². The number of non-ortho nitro benzene ring substituents is 1. The lowest BCUT2D eigenvalue weighted by molar-refractivity contribution is -0.384. The third-order valence-corrected chi connectivity index (χ3v) is 3.52. The van der Waals surface area contributed by atoms with E-state index in [4.69, 9.17) is 0 Å². The van der Waals surface area contributed by atoms with Gasteiger partial charge < -0.3 is 5.32 Å². The number of nitro benzene ring substituents is 1. The molecule has 2 aromatic carbocycles. The lowest BCUT2D eigenvalue weighted by Crippen LogP contribution is -2.04. The Morgan fingerprint density at radius 1 is 1.10 bits per heavy atom. The van der Waals surface area contributed by atoms with Crippen LogP contribution in [0.25, 0.3) is 0 Å². The van der Waals surface area contributed by atoms with Crippen molar-refractivity contribution in [3.05, 3.63) is 70.0 Å². The highest BCUT2D eigenvalue weighted by atomic mass is 19.1. The van der Waals surface area contributed by atoms with Gasteiger partial charge in [0, 0.05) is 29.8 Å². The number of hydrogen-bond acceptors (Lipinski definition) is 3. The molecule has 1 N–H and O–H groups in total. The van der Waals surface area contributed by atoms with Crippen LogP contribution in [0, 0.1) is 15.9 Å². The van der Waals surface area contributed by atoms with E-state index in [1.165, 1.54) is 24.3 Å². The molecule has 1 fully saturated rings. The van der Waals surface area contributed by atoms with Gasteiger partial charge >= 0.3 is 0 Å². The zero-order chi connectivity index (χ0) is 14.1. The summed E-state index contributed by atoms with van der Waals surface area (Å²) >= 11 is 0. The van der Waals surface area contributed by atoms with Gasteiger partial charge in [0.25, 0.3) is 5.69 Å². The Morgan fingerprint density at radius 3 is 2.35 bits per heavy atom. The molecule has 0 unspecified atom stereocenters. The van der Waals surface area contributed by atoms with Crippen molar-refractivity contribution in [3.8, 4) is 0 Å². The number of nitro groups is 1. The predicted molar refractivity (Wildman–Crippen MR) is 74.3 cm³/mol. The Kier molecular flexibility index (Phi) is 3.10. The molecule has 0 radical (unpaired) electrons. The molecule has 0 aliphatic heterocycles. The second-order valence-corrected chi connectivity index (χ2v) is 4.95. The van der Waals surface area contributed by atoms with E-state index in [9.17, 15) is 14.5 Å². The number of benzene rings is 2. The van der Waals surface area contributed by atoms with E-state index in [1.54, 1.807) is 24.3 Å². The second kappa shape index (κ2) is 4.92. The summed E-state index contributed by atoms with van der Waals surface area (Å²) in [5.74, 6) is 0.153. The fourth-order valence-electron chi connectivity index (χ4n) is 2.33. The van der Waals surface area contributed by atoms with Crippen molar-refractivity contribution in [1.82, 2.24) is 0 Å². The first-order chi connectivity index (χ1) is 9.63. The molecule has 1 aliphatic rings. The maximum Gasteiger partial charge on any atom is 0.269 e. The van der Waals surface area contributed by atoms with Crippen LogP contribution in [-0.2, 0) is 0 Å². The lowest BCUT2D eigenvalue weighted by atomic mass is 10.1. The SMILES string of the molecule is O=[N+]([O-])c1ccc(N[C@@H]2C[C@H]2c2ccc(F)cc2)cc1. The molecule has 0 heterocycles. The van der Waals surface area contributed by atoms with Crippen LogP contribution < -0.4 is 5.32 Å². The van der Waals surface area contributed by atoms with Gasteiger partial charge in [-0.1, -0.05) is 12.1 Å². The average Bonchev–Trinajstić information content (AvgIpc) is 3.19. The molecule has 0 amide bonds. The van der Waals surface area contributed by atoms with Crippen LogP contribution in [0.15, 0.2) is 48.5 Å². The van der Waals surface area contributed by atoms with Crippen molar-refractivity contribution < 1.29 is 9.31 Å². The molecule has 2 aromatic rings. The Bertz CT molecular complexity index is 625. The van der Waals surface area contributed by atoms with E-state index in [-0.39, 0.29) is 11.5 Å². The van der Waals surface area contributed by atoms with Crippen LogP contribution in [0.3, 0.4) is 0 Å². The smallest absolute Gasteiger partial charge is 0.269 e. The summed E-state index contributed by atoms with van der Waals surface area (Å²) in [4.78, 5) is 10.2. The molecular weight excluding hydrogens is 259 g/mol. The number of halogens is 1. The second-order valence-electron chi connectivity index (χ2n) is 4.95. The number of nitrogens with one attached hydrogen (secondary N) is 1. The molecule has 0 spiro atoms. The fourth-order valence-corrected chi connectivity index (χ4v) is 2.33. The van der Waals surface area contributed by atoms with Crippen LogP contribution in [0.5, 0.6) is 0 Å². The van der Waals surface area contributed by atoms with Gasteiger partial charge in [0.05, 0.1) is 4.92 Å². The lowest BCUT2D eigenvalue weighted by Gasteiger charge is -2.05. The highest BCUT2D eigenvalue weighted by Gasteiger charge is 2.38. The van der Waals surface area contributed by atoms with E-state index >= 15 is 0 Å². The zero-order valence-corrected chi connectivity index (χ0v) is 10.6. The Hall–Kier alpha value is -2.43. The van der Waals surface area contributed by atoms with Crippen molar-refractivity contribution in [1.29, 1.82) is 0 Å². The monoisotopic (exact) mass is 272 g/mol. The van der Waals surface area contributed by atoms with Gasteiger partial charge in [0.1, 0.15) is 5.82 Å². The molecule has 4 nitrogen and oxygen atoms in total. The quantitative estimate of drug-likeness (QED) is 0.682. The maximum atomic E-state index is 12.8. The summed E-state index contributed by atoms with van der Waals surface area (Å²) < 4.78 is 12.8. The van der Waals surface area contributed by atoms with Crippen LogP contribution in [0.4, 0.5) is 15.8 Å². The minimum absolute atomic E-state index is 0.0847. The minimum atomic E-state index is -0.414. The number of anilines is 1. The molecule has 1 aliphatic carbocycles. The van der Waals surface area contributed by atoms with Gasteiger partial charge in [-0.25, -0.2) is 4.39 Å². The first kappa shape index (κ1) is 12.6. The first-order valence-electron chi connectivity index (χ1n) is 6.40. The van der Waals surface area contributed by atoms with Crippen molar-refractivity contribution in [2.75, 3.05) is 5.32 Å². The van der Waals surface area contributed by atoms with Gasteiger partial charge in [-0.2, -0.15) is 0 Å². The summed E-state index contributed by atoms with van der Waals surface area (Å²) in [6.07, 6.45) is 0.989. The van der Waals surface area contributed by atoms with Gasteiger partial charge in [-0.15, -0.1) is 0 Å². The third-order valence-electron chi connectivity index (χ3n) is 3.52. The normalized spacial score (nSPS) is 20.4.